The first-order valence-electron chi connectivity index (χ1n) is 4.74. The van der Waals surface area contributed by atoms with Gasteiger partial charge in [-0.1, -0.05) is 13.8 Å². The molecule has 0 saturated carbocycles. The molecule has 76 valence electrons. The lowest BCUT2D eigenvalue weighted by molar-refractivity contribution is -0.139. The number of H-pyrrole nitrogens is 1. The van der Waals surface area contributed by atoms with Crippen molar-refractivity contribution in [3.8, 4) is 0 Å². The van der Waals surface area contributed by atoms with E-state index in [-0.39, 0.29) is 5.41 Å². The van der Waals surface area contributed by atoms with Gasteiger partial charge >= 0.3 is 5.97 Å². The second kappa shape index (κ2) is 2.83. The van der Waals surface area contributed by atoms with Crippen molar-refractivity contribution in [3.63, 3.8) is 0 Å². The third-order valence-corrected chi connectivity index (χ3v) is 2.84. The minimum Gasteiger partial charge on any atom is -0.481 e. The summed E-state index contributed by atoms with van der Waals surface area (Å²) in [5, 5.41) is 15.9. The number of hydrogen-bond acceptors (Lipinski definition) is 2. The second-order valence-corrected chi connectivity index (χ2v) is 4.74. The largest absolute Gasteiger partial charge is 0.481 e. The first kappa shape index (κ1) is 9.24. The Morgan fingerprint density at radius 3 is 3.07 bits per heavy atom. The molecule has 0 radical (unpaired) electrons. The molecule has 4 heteroatoms. The molecule has 0 saturated heterocycles. The van der Waals surface area contributed by atoms with Crippen LogP contribution in [-0.2, 0) is 11.2 Å². The Hall–Kier alpha value is -1.32. The number of aromatic amines is 1. The summed E-state index contributed by atoms with van der Waals surface area (Å²) in [5.41, 5.74) is 1.88. The molecule has 1 aromatic heterocycles. The van der Waals surface area contributed by atoms with Gasteiger partial charge in [0.25, 0.3) is 0 Å². The predicted octanol–water partition coefficient (Wildman–Crippen LogP) is 1.55. The lowest BCUT2D eigenvalue weighted by Crippen LogP contribution is -2.29. The van der Waals surface area contributed by atoms with Gasteiger partial charge in [0.1, 0.15) is 0 Å². The van der Waals surface area contributed by atoms with Crippen LogP contribution >= 0.6 is 0 Å². The van der Waals surface area contributed by atoms with Crippen LogP contribution in [0.15, 0.2) is 6.20 Å². The van der Waals surface area contributed by atoms with Gasteiger partial charge in [0.2, 0.25) is 0 Å². The number of carboxylic acids is 1. The molecule has 0 aromatic carbocycles. The van der Waals surface area contributed by atoms with Crippen molar-refractivity contribution in [2.45, 2.75) is 32.6 Å². The van der Waals surface area contributed by atoms with Crippen molar-refractivity contribution in [2.75, 3.05) is 0 Å². The Bertz CT molecular complexity index is 368. The molecule has 0 bridgehead atoms. The quantitative estimate of drug-likeness (QED) is 0.712. The van der Waals surface area contributed by atoms with E-state index in [4.69, 9.17) is 5.11 Å². The number of nitrogens with one attached hydrogen (secondary N) is 1. The maximum Gasteiger partial charge on any atom is 0.311 e. The Morgan fingerprint density at radius 2 is 2.43 bits per heavy atom. The van der Waals surface area contributed by atoms with Gasteiger partial charge < -0.3 is 5.11 Å². The molecule has 0 spiro atoms. The summed E-state index contributed by atoms with van der Waals surface area (Å²) in [7, 11) is 0. The van der Waals surface area contributed by atoms with Gasteiger partial charge in [-0.25, -0.2) is 0 Å². The van der Waals surface area contributed by atoms with E-state index in [9.17, 15) is 4.79 Å². The van der Waals surface area contributed by atoms with Crippen LogP contribution < -0.4 is 0 Å². The van der Waals surface area contributed by atoms with Crippen molar-refractivity contribution < 1.29 is 9.90 Å². The highest BCUT2D eigenvalue weighted by Gasteiger charge is 2.37. The van der Waals surface area contributed by atoms with Crippen LogP contribution in [0.5, 0.6) is 0 Å². The van der Waals surface area contributed by atoms with Crippen LogP contribution in [0.4, 0.5) is 0 Å². The second-order valence-electron chi connectivity index (χ2n) is 4.74. The average Bonchev–Trinajstić information content (AvgIpc) is 2.47. The summed E-state index contributed by atoms with van der Waals surface area (Å²) in [5.74, 6) is -1.15. The Labute approximate surface area is 82.3 Å². The molecule has 1 aliphatic rings. The number of aromatic nitrogens is 2. The number of carbonyl (C=O) groups is 1. The van der Waals surface area contributed by atoms with Gasteiger partial charge in [0.15, 0.2) is 0 Å². The predicted molar refractivity (Wildman–Crippen MR) is 51.1 cm³/mol. The standard InChI is InChI=1S/C10H14N2O2/c1-10(2)3-6(9(13)14)7-5-11-12-8(7)4-10/h5-6H,3-4H2,1-2H3,(H,11,12)(H,13,14). The summed E-state index contributed by atoms with van der Waals surface area (Å²) in [4.78, 5) is 11.1. The zero-order valence-corrected chi connectivity index (χ0v) is 8.37. The van der Waals surface area contributed by atoms with Crippen LogP contribution in [0.1, 0.15) is 37.4 Å². The molecule has 14 heavy (non-hydrogen) atoms. The highest BCUT2D eigenvalue weighted by atomic mass is 16.4. The monoisotopic (exact) mass is 194 g/mol. The number of fused-ring (bicyclic) bond motifs is 1. The van der Waals surface area contributed by atoms with Gasteiger partial charge in [-0.3, -0.25) is 9.89 Å². The average molecular weight is 194 g/mol. The molecule has 1 heterocycles. The van der Waals surface area contributed by atoms with Gasteiger partial charge in [-0.05, 0) is 18.3 Å². The Kier molecular flexibility index (Phi) is 1.87. The molecular formula is C10H14N2O2. The van der Waals surface area contributed by atoms with E-state index < -0.39 is 11.9 Å². The maximum absolute atomic E-state index is 11.1. The molecule has 1 aromatic rings. The third kappa shape index (κ3) is 1.41. The fraction of sp³-hybridized carbons (Fsp3) is 0.600. The van der Waals surface area contributed by atoms with Gasteiger partial charge in [-0.2, -0.15) is 5.10 Å². The van der Waals surface area contributed by atoms with Crippen molar-refractivity contribution >= 4 is 5.97 Å². The first-order valence-corrected chi connectivity index (χ1v) is 4.74. The number of aliphatic carboxylic acids is 1. The highest BCUT2D eigenvalue weighted by Crippen LogP contribution is 2.40. The Morgan fingerprint density at radius 1 is 1.71 bits per heavy atom. The summed E-state index contributed by atoms with van der Waals surface area (Å²) in [6.45, 7) is 4.18. The molecule has 1 aliphatic carbocycles. The summed E-state index contributed by atoms with van der Waals surface area (Å²) < 4.78 is 0. The summed E-state index contributed by atoms with van der Waals surface area (Å²) in [6, 6.07) is 0. The van der Waals surface area contributed by atoms with E-state index in [1.54, 1.807) is 6.20 Å². The minimum atomic E-state index is -0.750. The van der Waals surface area contributed by atoms with Gasteiger partial charge in [0.05, 0.1) is 12.1 Å². The number of nitrogens with zero attached hydrogens (tertiary/aromatic N) is 1. The van der Waals surface area contributed by atoms with Gasteiger partial charge in [-0.15, -0.1) is 0 Å². The van der Waals surface area contributed by atoms with Crippen molar-refractivity contribution in [1.82, 2.24) is 10.2 Å². The Balaban J connectivity index is 2.42. The summed E-state index contributed by atoms with van der Waals surface area (Å²) >= 11 is 0. The fourth-order valence-corrected chi connectivity index (χ4v) is 2.20. The van der Waals surface area contributed by atoms with Crippen molar-refractivity contribution in [2.24, 2.45) is 5.41 Å². The number of hydrogen-bond donors (Lipinski definition) is 2. The number of rotatable bonds is 1. The molecule has 2 rings (SSSR count). The fourth-order valence-electron chi connectivity index (χ4n) is 2.20. The van der Waals surface area contributed by atoms with Crippen LogP contribution in [-0.4, -0.2) is 21.3 Å². The number of carboxylic acid groups (broad SMARTS) is 1. The van der Waals surface area contributed by atoms with E-state index in [2.05, 4.69) is 24.0 Å². The molecule has 2 N–H and O–H groups in total. The van der Waals surface area contributed by atoms with Crippen LogP contribution in [0, 0.1) is 5.41 Å². The topological polar surface area (TPSA) is 66.0 Å². The highest BCUT2D eigenvalue weighted by molar-refractivity contribution is 5.76. The molecule has 0 aliphatic heterocycles. The van der Waals surface area contributed by atoms with E-state index in [1.807, 2.05) is 0 Å². The third-order valence-electron chi connectivity index (χ3n) is 2.84. The van der Waals surface area contributed by atoms with E-state index >= 15 is 0 Å². The smallest absolute Gasteiger partial charge is 0.311 e. The molecule has 1 unspecified atom stereocenters. The van der Waals surface area contributed by atoms with E-state index in [0.717, 1.165) is 17.7 Å². The maximum atomic E-state index is 11.1. The molecule has 0 amide bonds. The SMILES string of the molecule is CC1(C)Cc2[nH]ncc2C(C(=O)O)C1. The first-order chi connectivity index (χ1) is 6.49. The van der Waals surface area contributed by atoms with Crippen molar-refractivity contribution in [1.29, 1.82) is 0 Å². The molecular weight excluding hydrogens is 180 g/mol. The van der Waals surface area contributed by atoms with Crippen LogP contribution in [0.3, 0.4) is 0 Å². The molecule has 1 atom stereocenters. The van der Waals surface area contributed by atoms with Crippen LogP contribution in [0.2, 0.25) is 0 Å². The normalized spacial score (nSPS) is 24.3. The van der Waals surface area contributed by atoms with Crippen molar-refractivity contribution in [3.05, 3.63) is 17.5 Å². The van der Waals surface area contributed by atoms with Crippen LogP contribution in [0.25, 0.3) is 0 Å². The van der Waals surface area contributed by atoms with Gasteiger partial charge in [0, 0.05) is 11.3 Å². The van der Waals surface area contributed by atoms with E-state index in [0.29, 0.717) is 6.42 Å². The zero-order valence-electron chi connectivity index (χ0n) is 8.37. The molecule has 4 nitrogen and oxygen atoms in total. The zero-order chi connectivity index (χ0) is 10.3. The lowest BCUT2D eigenvalue weighted by Gasteiger charge is -2.32. The van der Waals surface area contributed by atoms with E-state index in [1.165, 1.54) is 0 Å². The minimum absolute atomic E-state index is 0.0442. The summed E-state index contributed by atoms with van der Waals surface area (Å²) in [6.07, 6.45) is 3.21. The molecule has 0 fully saturated rings. The lowest BCUT2D eigenvalue weighted by atomic mass is 9.71.